The maximum Gasteiger partial charge on any atom is 0.360 e. The van der Waals surface area contributed by atoms with Gasteiger partial charge in [0.05, 0.1) is 19.3 Å². The Morgan fingerprint density at radius 2 is 2.00 bits per heavy atom. The minimum absolute atomic E-state index is 0.134. The number of aromatic nitrogens is 4. The Hall–Kier alpha value is -3.16. The molecule has 1 aliphatic carbocycles. The minimum atomic E-state index is -0.532. The molecule has 2 atom stereocenters. The summed E-state index contributed by atoms with van der Waals surface area (Å²) in [5.41, 5.74) is 1.15. The molecule has 1 aliphatic rings. The van der Waals surface area contributed by atoms with E-state index in [1.807, 2.05) is 41.1 Å². The van der Waals surface area contributed by atoms with Crippen LogP contribution in [-0.2, 0) is 20.8 Å². The van der Waals surface area contributed by atoms with E-state index >= 15 is 0 Å². The van der Waals surface area contributed by atoms with Gasteiger partial charge in [0.25, 0.3) is 0 Å². The second-order valence-electron chi connectivity index (χ2n) is 6.96. The summed E-state index contributed by atoms with van der Waals surface area (Å²) >= 11 is 0. The molecule has 1 fully saturated rings. The molecule has 2 aromatic heterocycles. The van der Waals surface area contributed by atoms with Gasteiger partial charge in [-0.25, -0.2) is 9.48 Å². The van der Waals surface area contributed by atoms with Crippen molar-refractivity contribution in [2.24, 2.45) is 0 Å². The number of rotatable bonds is 5. The van der Waals surface area contributed by atoms with Crippen LogP contribution >= 0.6 is 0 Å². The van der Waals surface area contributed by atoms with Crippen LogP contribution in [0.15, 0.2) is 42.7 Å². The van der Waals surface area contributed by atoms with Crippen molar-refractivity contribution in [3.05, 3.63) is 48.4 Å². The maximum atomic E-state index is 12.6. The van der Waals surface area contributed by atoms with Gasteiger partial charge in [-0.1, -0.05) is 29.8 Å². The van der Waals surface area contributed by atoms with Crippen molar-refractivity contribution in [2.45, 2.75) is 44.4 Å². The highest BCUT2D eigenvalue weighted by molar-refractivity contribution is 5.86. The first-order valence-corrected chi connectivity index (χ1v) is 9.39. The molecule has 4 rings (SSSR count). The number of ether oxygens (including phenoxy) is 2. The Labute approximate surface area is 162 Å². The standard InChI is InChI=1S/C20H22N4O4/c1-27-20(26)15-12-24(22-21-15)17-8-4-5-9-18(17)28-19(25)13-23-11-10-14-6-2-3-7-16(14)23/h2-3,6-7,10-12,17-18H,4-5,8-9,13H2,1H3. The Balaban J connectivity index is 1.46. The first-order valence-electron chi connectivity index (χ1n) is 9.39. The fourth-order valence-electron chi connectivity index (χ4n) is 3.78. The lowest BCUT2D eigenvalue weighted by Gasteiger charge is -2.30. The van der Waals surface area contributed by atoms with Gasteiger partial charge < -0.3 is 14.0 Å². The fourth-order valence-corrected chi connectivity index (χ4v) is 3.78. The van der Waals surface area contributed by atoms with E-state index in [4.69, 9.17) is 4.74 Å². The summed E-state index contributed by atoms with van der Waals surface area (Å²) < 4.78 is 14.0. The van der Waals surface area contributed by atoms with Crippen LogP contribution < -0.4 is 0 Å². The Bertz CT molecular complexity index is 993. The first kappa shape index (κ1) is 18.2. The van der Waals surface area contributed by atoms with E-state index in [1.54, 1.807) is 10.9 Å². The number of fused-ring (bicyclic) bond motifs is 1. The second kappa shape index (κ2) is 7.84. The van der Waals surface area contributed by atoms with Crippen molar-refractivity contribution in [2.75, 3.05) is 7.11 Å². The molecule has 1 aromatic carbocycles. The van der Waals surface area contributed by atoms with Gasteiger partial charge in [-0.05, 0) is 36.8 Å². The van der Waals surface area contributed by atoms with Crippen molar-refractivity contribution >= 4 is 22.8 Å². The predicted molar refractivity (Wildman–Crippen MR) is 101 cm³/mol. The van der Waals surface area contributed by atoms with Gasteiger partial charge in [-0.2, -0.15) is 0 Å². The normalized spacial score (nSPS) is 19.5. The summed E-state index contributed by atoms with van der Waals surface area (Å²) in [6.07, 6.45) is 6.72. The SMILES string of the molecule is COC(=O)c1cn(C2CCCCC2OC(=O)Cn2ccc3ccccc32)nn1. The zero-order chi connectivity index (χ0) is 19.5. The van der Waals surface area contributed by atoms with E-state index in [0.29, 0.717) is 0 Å². The van der Waals surface area contributed by atoms with Crippen molar-refractivity contribution in [3.63, 3.8) is 0 Å². The lowest BCUT2D eigenvalue weighted by molar-refractivity contribution is -0.154. The van der Waals surface area contributed by atoms with Crippen LogP contribution in [-0.4, -0.2) is 44.7 Å². The van der Waals surface area contributed by atoms with Crippen LogP contribution in [0.2, 0.25) is 0 Å². The third-order valence-corrected chi connectivity index (χ3v) is 5.17. The number of nitrogens with zero attached hydrogens (tertiary/aromatic N) is 4. The van der Waals surface area contributed by atoms with Crippen molar-refractivity contribution in [1.82, 2.24) is 19.6 Å². The molecule has 146 valence electrons. The van der Waals surface area contributed by atoms with Gasteiger partial charge in [0.1, 0.15) is 12.6 Å². The molecule has 3 aromatic rings. The molecule has 0 spiro atoms. The van der Waals surface area contributed by atoms with E-state index in [1.165, 1.54) is 7.11 Å². The van der Waals surface area contributed by atoms with Gasteiger partial charge in [0.2, 0.25) is 0 Å². The summed E-state index contributed by atoms with van der Waals surface area (Å²) in [6, 6.07) is 9.76. The van der Waals surface area contributed by atoms with Gasteiger partial charge in [0.15, 0.2) is 5.69 Å². The van der Waals surface area contributed by atoms with Crippen LogP contribution in [0, 0.1) is 0 Å². The number of carbonyl (C=O) groups is 2. The quantitative estimate of drug-likeness (QED) is 0.631. The molecule has 0 radical (unpaired) electrons. The molecule has 0 N–H and O–H groups in total. The molecule has 1 saturated carbocycles. The third kappa shape index (κ3) is 3.62. The summed E-state index contributed by atoms with van der Waals surface area (Å²) in [6.45, 7) is 0.154. The van der Waals surface area contributed by atoms with Crippen LogP contribution in [0.5, 0.6) is 0 Å². The third-order valence-electron chi connectivity index (χ3n) is 5.17. The summed E-state index contributed by atoms with van der Waals surface area (Å²) in [7, 11) is 1.30. The minimum Gasteiger partial charge on any atom is -0.464 e. The Morgan fingerprint density at radius 1 is 1.18 bits per heavy atom. The van der Waals surface area contributed by atoms with Gasteiger partial charge in [0, 0.05) is 11.7 Å². The molecule has 2 unspecified atom stereocenters. The predicted octanol–water partition coefficient (Wildman–Crippen LogP) is 2.75. The largest absolute Gasteiger partial charge is 0.464 e. The molecule has 8 nitrogen and oxygen atoms in total. The van der Waals surface area contributed by atoms with Crippen LogP contribution in [0.1, 0.15) is 42.2 Å². The summed E-state index contributed by atoms with van der Waals surface area (Å²) in [4.78, 5) is 24.2. The molecule has 2 heterocycles. The molecular formula is C20H22N4O4. The average molecular weight is 382 g/mol. The van der Waals surface area contributed by atoms with Crippen LogP contribution in [0.25, 0.3) is 10.9 Å². The van der Waals surface area contributed by atoms with Crippen LogP contribution in [0.4, 0.5) is 0 Å². The van der Waals surface area contributed by atoms with E-state index in [-0.39, 0.29) is 30.4 Å². The molecular weight excluding hydrogens is 360 g/mol. The number of para-hydroxylation sites is 1. The zero-order valence-corrected chi connectivity index (χ0v) is 15.7. The second-order valence-corrected chi connectivity index (χ2v) is 6.96. The summed E-state index contributed by atoms with van der Waals surface area (Å²) in [5.74, 6) is -0.818. The highest BCUT2D eigenvalue weighted by atomic mass is 16.5. The molecule has 8 heteroatoms. The number of benzene rings is 1. The molecule has 0 saturated heterocycles. The lowest BCUT2D eigenvalue weighted by Crippen LogP contribution is -2.33. The van der Waals surface area contributed by atoms with E-state index in [2.05, 4.69) is 15.0 Å². The average Bonchev–Trinajstić information content (AvgIpc) is 3.36. The van der Waals surface area contributed by atoms with E-state index < -0.39 is 5.97 Å². The zero-order valence-electron chi connectivity index (χ0n) is 15.7. The first-order chi connectivity index (χ1) is 13.7. The molecule has 0 aliphatic heterocycles. The number of hydrogen-bond donors (Lipinski definition) is 0. The van der Waals surface area contributed by atoms with E-state index in [9.17, 15) is 9.59 Å². The molecule has 28 heavy (non-hydrogen) atoms. The lowest BCUT2D eigenvalue weighted by atomic mass is 9.92. The van der Waals surface area contributed by atoms with Gasteiger partial charge in [-0.15, -0.1) is 5.10 Å². The molecule has 0 bridgehead atoms. The summed E-state index contributed by atoms with van der Waals surface area (Å²) in [5, 5.41) is 9.00. The number of esters is 2. The van der Waals surface area contributed by atoms with Gasteiger partial charge >= 0.3 is 11.9 Å². The number of hydrogen-bond acceptors (Lipinski definition) is 6. The Kier molecular flexibility index (Phi) is 5.10. The fraction of sp³-hybridized carbons (Fsp3) is 0.400. The smallest absolute Gasteiger partial charge is 0.360 e. The van der Waals surface area contributed by atoms with Crippen molar-refractivity contribution < 1.29 is 19.1 Å². The number of methoxy groups -OCH3 is 1. The van der Waals surface area contributed by atoms with Gasteiger partial charge in [-0.3, -0.25) is 4.79 Å². The van der Waals surface area contributed by atoms with Crippen molar-refractivity contribution in [3.8, 4) is 0 Å². The maximum absolute atomic E-state index is 12.6. The Morgan fingerprint density at radius 3 is 2.86 bits per heavy atom. The highest BCUT2D eigenvalue weighted by Gasteiger charge is 2.31. The highest BCUT2D eigenvalue weighted by Crippen LogP contribution is 2.31. The van der Waals surface area contributed by atoms with E-state index in [0.717, 1.165) is 36.6 Å². The number of carbonyl (C=O) groups excluding carboxylic acids is 2. The monoisotopic (exact) mass is 382 g/mol. The van der Waals surface area contributed by atoms with Crippen LogP contribution in [0.3, 0.4) is 0 Å². The van der Waals surface area contributed by atoms with Crippen molar-refractivity contribution in [1.29, 1.82) is 0 Å². The topological polar surface area (TPSA) is 88.2 Å². The molecule has 0 amide bonds.